The zero-order valence-electron chi connectivity index (χ0n) is 26.6. The van der Waals surface area contributed by atoms with Crippen molar-refractivity contribution in [3.8, 4) is 5.69 Å². The molecule has 8 nitrogen and oxygen atoms in total. The van der Waals surface area contributed by atoms with Crippen molar-refractivity contribution in [2.45, 2.75) is 71.8 Å². The van der Waals surface area contributed by atoms with E-state index in [-0.39, 0.29) is 17.3 Å². The molecule has 3 aromatic heterocycles. The minimum atomic E-state index is -0.159. The number of hydrogen-bond acceptors (Lipinski definition) is 6. The van der Waals surface area contributed by atoms with Crippen molar-refractivity contribution < 1.29 is 9.53 Å². The maximum atomic E-state index is 12.6. The highest BCUT2D eigenvalue weighted by molar-refractivity contribution is 5.75. The summed E-state index contributed by atoms with van der Waals surface area (Å²) in [5.41, 5.74) is 8.04. The lowest BCUT2D eigenvalue weighted by Gasteiger charge is -2.55. The summed E-state index contributed by atoms with van der Waals surface area (Å²) in [5, 5.41) is 5.94. The Morgan fingerprint density at radius 1 is 1.05 bits per heavy atom. The lowest BCUT2D eigenvalue weighted by molar-refractivity contribution is -0.141. The summed E-state index contributed by atoms with van der Waals surface area (Å²) in [6, 6.07) is 15.3. The number of fused-ring (bicyclic) bond motifs is 1. The Hall–Kier alpha value is -3.49. The van der Waals surface area contributed by atoms with E-state index in [9.17, 15) is 4.79 Å². The van der Waals surface area contributed by atoms with Crippen LogP contribution in [0.2, 0.25) is 0 Å². The number of ether oxygens (including phenoxy) is 1. The summed E-state index contributed by atoms with van der Waals surface area (Å²) >= 11 is 0. The molecule has 228 valence electrons. The molecule has 0 unspecified atom stereocenters. The predicted octanol–water partition coefficient (Wildman–Crippen LogP) is 5.91. The van der Waals surface area contributed by atoms with E-state index in [0.717, 1.165) is 73.1 Å². The van der Waals surface area contributed by atoms with Crippen LogP contribution in [0.4, 0.5) is 0 Å². The van der Waals surface area contributed by atoms with Gasteiger partial charge in [-0.15, -0.1) is 0 Å². The number of pyridine rings is 1. The molecule has 0 saturated carbocycles. The van der Waals surface area contributed by atoms with Gasteiger partial charge in [0.2, 0.25) is 0 Å². The molecular weight excluding hydrogens is 536 g/mol. The third-order valence-corrected chi connectivity index (χ3v) is 9.54. The standard InChI is InChI=1S/C35H46N6O2/c1-24-15-25(2)41(38-24)31-17-27(16-29(19-31)34(3,4)5)28(18-32(42)43-6)20-40-22-35(23-40)10-13-39(14-11-35)21-30-8-7-26-9-12-36-33(26)37-30/h7-9,12,15-17,19,28H,10-11,13-14,18,20-23H2,1-6H3,(H,36,37)/t28-/m1/s1. The van der Waals surface area contributed by atoms with E-state index in [1.54, 1.807) is 0 Å². The average molecular weight is 583 g/mol. The lowest BCUT2D eigenvalue weighted by Crippen LogP contribution is -2.60. The van der Waals surface area contributed by atoms with Gasteiger partial charge in [0, 0.05) is 49.4 Å². The number of piperidine rings is 1. The van der Waals surface area contributed by atoms with Crippen molar-refractivity contribution in [3.05, 3.63) is 76.9 Å². The number of esters is 1. The van der Waals surface area contributed by atoms with Crippen LogP contribution in [-0.4, -0.2) is 75.4 Å². The summed E-state index contributed by atoms with van der Waals surface area (Å²) in [4.78, 5) is 25.8. The molecule has 1 atom stereocenters. The predicted molar refractivity (Wildman–Crippen MR) is 171 cm³/mol. The van der Waals surface area contributed by atoms with Gasteiger partial charge in [-0.2, -0.15) is 5.10 Å². The van der Waals surface area contributed by atoms with Crippen LogP contribution in [0.15, 0.2) is 48.7 Å². The van der Waals surface area contributed by atoms with Crippen LogP contribution in [0.3, 0.4) is 0 Å². The Labute approximate surface area is 255 Å². The van der Waals surface area contributed by atoms with Gasteiger partial charge in [0.15, 0.2) is 0 Å². The summed E-state index contributed by atoms with van der Waals surface area (Å²) in [5.74, 6) is -0.106. The van der Waals surface area contributed by atoms with Gasteiger partial charge in [0.05, 0.1) is 30.6 Å². The number of carbonyl (C=O) groups is 1. The van der Waals surface area contributed by atoms with Gasteiger partial charge < -0.3 is 14.6 Å². The van der Waals surface area contributed by atoms with Crippen LogP contribution < -0.4 is 0 Å². The Balaban J connectivity index is 1.14. The number of aromatic amines is 1. The number of H-pyrrole nitrogens is 1. The molecule has 1 aromatic carbocycles. The van der Waals surface area contributed by atoms with Gasteiger partial charge in [-0.1, -0.05) is 26.8 Å². The van der Waals surface area contributed by atoms with Gasteiger partial charge in [0.25, 0.3) is 0 Å². The van der Waals surface area contributed by atoms with Crippen LogP contribution in [0.5, 0.6) is 0 Å². The van der Waals surface area contributed by atoms with Crippen molar-refractivity contribution in [1.29, 1.82) is 0 Å². The molecule has 8 heteroatoms. The van der Waals surface area contributed by atoms with Gasteiger partial charge >= 0.3 is 5.97 Å². The third kappa shape index (κ3) is 6.41. The zero-order valence-corrected chi connectivity index (χ0v) is 26.6. The molecule has 5 heterocycles. The highest BCUT2D eigenvalue weighted by Crippen LogP contribution is 2.42. The average Bonchev–Trinajstić information content (AvgIpc) is 3.56. The molecule has 2 aliphatic heterocycles. The summed E-state index contributed by atoms with van der Waals surface area (Å²) in [6.45, 7) is 17.0. The molecule has 2 fully saturated rings. The highest BCUT2D eigenvalue weighted by atomic mass is 16.5. The second-order valence-corrected chi connectivity index (χ2v) is 14.0. The normalized spacial score (nSPS) is 18.2. The fraction of sp³-hybridized carbons (Fsp3) is 0.514. The van der Waals surface area contributed by atoms with E-state index in [4.69, 9.17) is 14.8 Å². The fourth-order valence-corrected chi connectivity index (χ4v) is 7.02. The van der Waals surface area contributed by atoms with Crippen molar-refractivity contribution in [3.63, 3.8) is 0 Å². The highest BCUT2D eigenvalue weighted by Gasteiger charge is 2.45. The minimum Gasteiger partial charge on any atom is -0.469 e. The molecule has 0 radical (unpaired) electrons. The molecule has 2 aliphatic rings. The Morgan fingerprint density at radius 2 is 1.81 bits per heavy atom. The number of rotatable bonds is 8. The van der Waals surface area contributed by atoms with Crippen LogP contribution in [0.1, 0.15) is 74.2 Å². The summed E-state index contributed by atoms with van der Waals surface area (Å²) in [7, 11) is 1.49. The van der Waals surface area contributed by atoms with Gasteiger partial charge in [0.1, 0.15) is 5.65 Å². The first-order valence-corrected chi connectivity index (χ1v) is 15.6. The molecule has 1 spiro atoms. The molecule has 0 amide bonds. The van der Waals surface area contributed by atoms with Crippen molar-refractivity contribution >= 4 is 17.0 Å². The maximum Gasteiger partial charge on any atom is 0.306 e. The lowest BCUT2D eigenvalue weighted by atomic mass is 9.71. The third-order valence-electron chi connectivity index (χ3n) is 9.54. The molecule has 6 rings (SSSR count). The number of likely N-dealkylation sites (tertiary alicyclic amines) is 2. The maximum absolute atomic E-state index is 12.6. The van der Waals surface area contributed by atoms with E-state index in [2.05, 4.69) is 84.9 Å². The quantitative estimate of drug-likeness (QED) is 0.260. The number of nitrogens with one attached hydrogen (secondary N) is 1. The second kappa shape index (κ2) is 11.5. The van der Waals surface area contributed by atoms with Crippen LogP contribution >= 0.6 is 0 Å². The first-order chi connectivity index (χ1) is 20.5. The molecule has 0 bridgehead atoms. The van der Waals surface area contributed by atoms with Crippen molar-refractivity contribution in [2.75, 3.05) is 39.8 Å². The molecule has 43 heavy (non-hydrogen) atoms. The number of hydrogen-bond donors (Lipinski definition) is 1. The largest absolute Gasteiger partial charge is 0.469 e. The number of aryl methyl sites for hydroxylation is 2. The number of methoxy groups -OCH3 is 1. The number of benzene rings is 1. The van der Waals surface area contributed by atoms with Crippen LogP contribution in [-0.2, 0) is 21.5 Å². The first kappa shape index (κ1) is 29.6. The molecule has 4 aromatic rings. The van der Waals surface area contributed by atoms with E-state index < -0.39 is 0 Å². The molecule has 2 saturated heterocycles. The molecular formula is C35H46N6O2. The van der Waals surface area contributed by atoms with Gasteiger partial charge in [-0.25, -0.2) is 9.67 Å². The Kier molecular flexibility index (Phi) is 7.94. The summed E-state index contributed by atoms with van der Waals surface area (Å²) in [6.07, 6.45) is 4.73. The van der Waals surface area contributed by atoms with Crippen molar-refractivity contribution in [2.24, 2.45) is 5.41 Å². The Morgan fingerprint density at radius 3 is 2.49 bits per heavy atom. The van der Waals surface area contributed by atoms with E-state index in [1.165, 1.54) is 31.1 Å². The first-order valence-electron chi connectivity index (χ1n) is 15.6. The van der Waals surface area contributed by atoms with E-state index in [1.807, 2.05) is 17.8 Å². The van der Waals surface area contributed by atoms with Crippen LogP contribution in [0, 0.1) is 19.3 Å². The van der Waals surface area contributed by atoms with Gasteiger partial charge in [-0.3, -0.25) is 9.69 Å². The zero-order chi connectivity index (χ0) is 30.4. The molecule has 1 N–H and O–H groups in total. The Bertz CT molecular complexity index is 1600. The fourth-order valence-electron chi connectivity index (χ4n) is 7.02. The second-order valence-electron chi connectivity index (χ2n) is 14.0. The number of nitrogens with zero attached hydrogens (tertiary/aromatic N) is 5. The monoisotopic (exact) mass is 582 g/mol. The van der Waals surface area contributed by atoms with Gasteiger partial charge in [-0.05, 0) is 98.1 Å². The van der Waals surface area contributed by atoms with E-state index in [0.29, 0.717) is 11.8 Å². The topological polar surface area (TPSA) is 79.3 Å². The number of aromatic nitrogens is 4. The summed E-state index contributed by atoms with van der Waals surface area (Å²) < 4.78 is 7.20. The van der Waals surface area contributed by atoms with E-state index >= 15 is 0 Å². The molecule has 0 aliphatic carbocycles. The SMILES string of the molecule is COC(=O)C[C@H](CN1CC2(CCN(Cc3ccc4cc[nH]c4n3)CC2)C1)c1cc(-n2nc(C)cc2C)cc(C(C)(C)C)c1. The van der Waals surface area contributed by atoms with Crippen molar-refractivity contribution in [1.82, 2.24) is 29.5 Å². The minimum absolute atomic E-state index is 0.0336. The smallest absolute Gasteiger partial charge is 0.306 e. The number of carbonyl (C=O) groups excluding carboxylic acids is 1. The van der Waals surface area contributed by atoms with Crippen LogP contribution in [0.25, 0.3) is 16.7 Å².